The average molecular weight is 450 g/mol. The van der Waals surface area contributed by atoms with E-state index in [-0.39, 0.29) is 17.3 Å². The molecule has 0 unspecified atom stereocenters. The van der Waals surface area contributed by atoms with Crippen molar-refractivity contribution >= 4 is 34.8 Å². The SMILES string of the molecule is COCCN(CCOC)c1nc(C)nc(Nc2ccc(C(C)C)cc2SC)c1[N+](=O)[O-]. The van der Waals surface area contributed by atoms with E-state index in [1.165, 1.54) is 5.56 Å². The third-order valence-corrected chi connectivity index (χ3v) is 5.51. The first kappa shape index (κ1) is 24.8. The second-order valence-corrected chi connectivity index (χ2v) is 8.11. The van der Waals surface area contributed by atoms with E-state index in [0.29, 0.717) is 38.0 Å². The molecule has 0 spiro atoms. The fraction of sp³-hybridized carbons (Fsp3) is 0.524. The van der Waals surface area contributed by atoms with Crippen molar-refractivity contribution in [3.63, 3.8) is 0 Å². The number of aromatic nitrogens is 2. The molecule has 0 aliphatic carbocycles. The molecule has 170 valence electrons. The van der Waals surface area contributed by atoms with E-state index < -0.39 is 4.92 Å². The van der Waals surface area contributed by atoms with Gasteiger partial charge in [-0.15, -0.1) is 11.8 Å². The maximum atomic E-state index is 12.1. The highest BCUT2D eigenvalue weighted by atomic mass is 32.2. The van der Waals surface area contributed by atoms with Gasteiger partial charge in [-0.2, -0.15) is 0 Å². The number of nitrogens with zero attached hydrogens (tertiary/aromatic N) is 4. The van der Waals surface area contributed by atoms with E-state index in [4.69, 9.17) is 9.47 Å². The zero-order chi connectivity index (χ0) is 23.0. The van der Waals surface area contributed by atoms with Crippen LogP contribution in [0, 0.1) is 17.0 Å². The van der Waals surface area contributed by atoms with Crippen LogP contribution >= 0.6 is 11.8 Å². The molecule has 31 heavy (non-hydrogen) atoms. The van der Waals surface area contributed by atoms with Gasteiger partial charge in [-0.05, 0) is 36.8 Å². The second kappa shape index (κ2) is 11.8. The Balaban J connectivity index is 2.54. The zero-order valence-corrected chi connectivity index (χ0v) is 19.8. The molecule has 0 radical (unpaired) electrons. The van der Waals surface area contributed by atoms with Gasteiger partial charge >= 0.3 is 5.69 Å². The maximum absolute atomic E-state index is 12.1. The van der Waals surface area contributed by atoms with E-state index >= 15 is 0 Å². The molecule has 10 heteroatoms. The summed E-state index contributed by atoms with van der Waals surface area (Å²) in [5.74, 6) is 1.24. The normalized spacial score (nSPS) is 11.1. The first-order valence-electron chi connectivity index (χ1n) is 10.0. The van der Waals surface area contributed by atoms with Gasteiger partial charge in [0.05, 0.1) is 23.8 Å². The summed E-state index contributed by atoms with van der Waals surface area (Å²) in [7, 11) is 3.18. The van der Waals surface area contributed by atoms with Crippen LogP contribution < -0.4 is 10.2 Å². The summed E-state index contributed by atoms with van der Waals surface area (Å²) in [5.41, 5.74) is 1.80. The number of methoxy groups -OCH3 is 2. The van der Waals surface area contributed by atoms with Crippen molar-refractivity contribution < 1.29 is 14.4 Å². The molecule has 0 aliphatic rings. The van der Waals surface area contributed by atoms with Gasteiger partial charge < -0.3 is 19.7 Å². The van der Waals surface area contributed by atoms with Gasteiger partial charge in [0, 0.05) is 32.2 Å². The molecular formula is C21H31N5O4S. The smallest absolute Gasteiger partial charge is 0.353 e. The number of benzene rings is 1. The lowest BCUT2D eigenvalue weighted by Gasteiger charge is -2.24. The topological polar surface area (TPSA) is 103 Å². The Morgan fingerprint density at radius 3 is 2.35 bits per heavy atom. The molecule has 2 aromatic rings. The van der Waals surface area contributed by atoms with Crippen LogP contribution in [0.1, 0.15) is 31.2 Å². The molecule has 2 rings (SSSR count). The summed E-state index contributed by atoms with van der Waals surface area (Å²) in [6, 6.07) is 6.06. The number of ether oxygens (including phenoxy) is 2. The van der Waals surface area contributed by atoms with Gasteiger partial charge in [-0.25, -0.2) is 9.97 Å². The molecule has 0 aliphatic heterocycles. The van der Waals surface area contributed by atoms with Crippen LogP contribution in [-0.2, 0) is 9.47 Å². The van der Waals surface area contributed by atoms with E-state index in [2.05, 4.69) is 35.2 Å². The van der Waals surface area contributed by atoms with Crippen LogP contribution in [-0.4, -0.2) is 61.7 Å². The summed E-state index contributed by atoms with van der Waals surface area (Å²) >= 11 is 1.58. The molecule has 1 aromatic carbocycles. The van der Waals surface area contributed by atoms with Crippen molar-refractivity contribution in [2.45, 2.75) is 31.6 Å². The Morgan fingerprint density at radius 2 is 1.84 bits per heavy atom. The molecule has 0 saturated heterocycles. The minimum Gasteiger partial charge on any atom is -0.383 e. The molecule has 9 nitrogen and oxygen atoms in total. The van der Waals surface area contributed by atoms with Gasteiger partial charge in [-0.3, -0.25) is 10.1 Å². The largest absolute Gasteiger partial charge is 0.383 e. The Labute approximate surface area is 187 Å². The van der Waals surface area contributed by atoms with E-state index in [0.717, 1.165) is 10.6 Å². The molecular weight excluding hydrogens is 418 g/mol. The van der Waals surface area contributed by atoms with Crippen molar-refractivity contribution in [1.29, 1.82) is 0 Å². The lowest BCUT2D eigenvalue weighted by Crippen LogP contribution is -2.32. The van der Waals surface area contributed by atoms with Crippen molar-refractivity contribution in [1.82, 2.24) is 9.97 Å². The fourth-order valence-corrected chi connectivity index (χ4v) is 3.64. The first-order chi connectivity index (χ1) is 14.8. The fourth-order valence-electron chi connectivity index (χ4n) is 3.05. The summed E-state index contributed by atoms with van der Waals surface area (Å²) in [4.78, 5) is 23.2. The lowest BCUT2D eigenvalue weighted by molar-refractivity contribution is -0.383. The van der Waals surface area contributed by atoms with E-state index in [1.54, 1.807) is 37.8 Å². The van der Waals surface area contributed by atoms with Crippen LogP contribution in [0.2, 0.25) is 0 Å². The molecule has 1 heterocycles. The summed E-state index contributed by atoms with van der Waals surface area (Å²) < 4.78 is 10.4. The zero-order valence-electron chi connectivity index (χ0n) is 19.0. The summed E-state index contributed by atoms with van der Waals surface area (Å²) in [5, 5.41) is 15.3. The number of thioether (sulfide) groups is 1. The molecule has 0 fully saturated rings. The summed E-state index contributed by atoms with van der Waals surface area (Å²) in [6.45, 7) is 7.67. The van der Waals surface area contributed by atoms with Crippen molar-refractivity contribution in [2.24, 2.45) is 0 Å². The molecule has 1 N–H and O–H groups in total. The number of hydrogen-bond acceptors (Lipinski definition) is 9. The van der Waals surface area contributed by atoms with Crippen molar-refractivity contribution in [3.8, 4) is 0 Å². The van der Waals surface area contributed by atoms with Gasteiger partial charge in [0.2, 0.25) is 11.6 Å². The number of hydrogen-bond donors (Lipinski definition) is 1. The highest BCUT2D eigenvalue weighted by molar-refractivity contribution is 7.98. The predicted octanol–water partition coefficient (Wildman–Crippen LogP) is 4.38. The Bertz CT molecular complexity index is 886. The van der Waals surface area contributed by atoms with Crippen LogP contribution in [0.4, 0.5) is 23.0 Å². The van der Waals surface area contributed by atoms with Crippen molar-refractivity contribution in [2.75, 3.05) is 57.0 Å². The quantitative estimate of drug-likeness (QED) is 0.287. The number of anilines is 3. The van der Waals surface area contributed by atoms with E-state index in [9.17, 15) is 10.1 Å². The standard InChI is InChI=1S/C21H31N5O4S/c1-14(2)16-7-8-17(18(13-16)31-6)24-20-19(26(27)28)21(23-15(3)22-20)25(9-11-29-4)10-12-30-5/h7-8,13-14H,9-12H2,1-6H3,(H,22,23,24). The number of rotatable bonds is 12. The Kier molecular flexibility index (Phi) is 9.47. The monoisotopic (exact) mass is 449 g/mol. The Morgan fingerprint density at radius 1 is 1.19 bits per heavy atom. The van der Waals surface area contributed by atoms with Crippen LogP contribution in [0.3, 0.4) is 0 Å². The van der Waals surface area contributed by atoms with E-state index in [1.807, 2.05) is 18.4 Å². The molecule has 0 amide bonds. The van der Waals surface area contributed by atoms with Crippen LogP contribution in [0.5, 0.6) is 0 Å². The predicted molar refractivity (Wildman–Crippen MR) is 125 cm³/mol. The van der Waals surface area contributed by atoms with Crippen LogP contribution in [0.25, 0.3) is 0 Å². The highest BCUT2D eigenvalue weighted by Gasteiger charge is 2.28. The third kappa shape index (κ3) is 6.52. The number of nitro groups is 1. The molecule has 0 bridgehead atoms. The van der Waals surface area contributed by atoms with Gasteiger partial charge in [0.1, 0.15) is 5.82 Å². The first-order valence-corrected chi connectivity index (χ1v) is 11.3. The third-order valence-electron chi connectivity index (χ3n) is 4.74. The average Bonchev–Trinajstić information content (AvgIpc) is 2.73. The summed E-state index contributed by atoms with van der Waals surface area (Å²) in [6.07, 6.45) is 1.98. The van der Waals surface area contributed by atoms with Crippen LogP contribution in [0.15, 0.2) is 23.1 Å². The molecule has 0 saturated carbocycles. The Hall–Kier alpha value is -2.43. The molecule has 0 atom stereocenters. The lowest BCUT2D eigenvalue weighted by atomic mass is 10.0. The van der Waals surface area contributed by atoms with Gasteiger partial charge in [0.25, 0.3) is 0 Å². The van der Waals surface area contributed by atoms with Gasteiger partial charge in [-0.1, -0.05) is 19.9 Å². The van der Waals surface area contributed by atoms with Gasteiger partial charge in [0.15, 0.2) is 0 Å². The second-order valence-electron chi connectivity index (χ2n) is 7.26. The number of nitrogens with one attached hydrogen (secondary N) is 1. The van der Waals surface area contributed by atoms with Crippen molar-refractivity contribution in [3.05, 3.63) is 39.7 Å². The number of aryl methyl sites for hydroxylation is 1. The molecule has 1 aromatic heterocycles. The minimum atomic E-state index is -0.440. The minimum absolute atomic E-state index is 0.167. The maximum Gasteiger partial charge on any atom is 0.353 e. The highest BCUT2D eigenvalue weighted by Crippen LogP contribution is 2.37.